The smallest absolute Gasteiger partial charge is 1.00 e. The fourth-order valence-corrected chi connectivity index (χ4v) is 8.91. The van der Waals surface area contributed by atoms with E-state index in [1.165, 1.54) is 16.7 Å². The van der Waals surface area contributed by atoms with Crippen LogP contribution in [0.3, 0.4) is 0 Å². The summed E-state index contributed by atoms with van der Waals surface area (Å²) in [6.07, 6.45) is 13.3. The van der Waals surface area contributed by atoms with Crippen LogP contribution in [0.2, 0.25) is 10.0 Å². The van der Waals surface area contributed by atoms with Crippen molar-refractivity contribution in [2.24, 2.45) is 10.8 Å². The molecule has 0 aliphatic carbocycles. The number of alkyl halides is 2. The predicted octanol–water partition coefficient (Wildman–Crippen LogP) is 6.17. The first-order chi connectivity index (χ1) is 31.6. The maximum atomic E-state index is 12.1. The zero-order valence-electron chi connectivity index (χ0n) is 42.8. The molecule has 2 aromatic carbocycles. The average molecular weight is 1090 g/mol. The first kappa shape index (κ1) is 64.6. The molecule has 11 nitrogen and oxygen atoms in total. The van der Waals surface area contributed by atoms with E-state index < -0.39 is 18.0 Å². The molecule has 4 heterocycles. The van der Waals surface area contributed by atoms with Crippen LogP contribution < -0.4 is 113 Å². The molecule has 0 radical (unpaired) electrons. The number of hydrogen-bond acceptors (Lipinski definition) is 11. The van der Waals surface area contributed by atoms with Crippen LogP contribution in [0.1, 0.15) is 140 Å². The van der Waals surface area contributed by atoms with Gasteiger partial charge in [0.15, 0.2) is 0 Å². The molecule has 67 heavy (non-hydrogen) atoms. The topological polar surface area (TPSA) is 144 Å². The maximum Gasteiger partial charge on any atom is 1.00 e. The first-order valence-electron chi connectivity index (χ1n) is 22.9. The molecule has 2 atom stereocenters. The molecule has 0 fully saturated rings. The van der Waals surface area contributed by atoms with Crippen LogP contribution in [0, 0.1) is 10.8 Å². The SMILES string of the molecule is CCOC(=O)C(C)(C)CCCCC(Br)c1ccccc1Cl.CCOC(=O)C(C)(C)CCCCC(c1ccccc1Cl)N1CCc2occc2C1.O=CO[O-].[2H]CF.[H-].[K+].[K+].c1cc2c(o1)CCNC2. The third-order valence-corrected chi connectivity index (χ3v) is 12.8. The van der Waals surface area contributed by atoms with Gasteiger partial charge in [0, 0.05) is 71.1 Å². The number of unbranched alkanes of at least 4 members (excludes halogenated alkanes) is 2. The molecule has 2 aromatic heterocycles. The molecule has 364 valence electrons. The molecule has 2 unspecified atom stereocenters. The molecule has 0 bridgehead atoms. The Morgan fingerprint density at radius 3 is 1.82 bits per heavy atom. The van der Waals surface area contributed by atoms with Gasteiger partial charge < -0.3 is 35.2 Å². The van der Waals surface area contributed by atoms with Gasteiger partial charge in [-0.15, -0.1) is 0 Å². The largest absolute Gasteiger partial charge is 1.00 e. The monoisotopic (exact) mass is 1090 g/mol. The molecule has 0 saturated heterocycles. The van der Waals surface area contributed by atoms with Gasteiger partial charge in [-0.05, 0) is 103 Å². The number of ether oxygens (including phenoxy) is 2. The summed E-state index contributed by atoms with van der Waals surface area (Å²) in [4.78, 5) is 38.0. The van der Waals surface area contributed by atoms with E-state index in [2.05, 4.69) is 49.2 Å². The minimum absolute atomic E-state index is 0. The van der Waals surface area contributed by atoms with Crippen molar-refractivity contribution >= 4 is 57.5 Å². The van der Waals surface area contributed by atoms with Crippen LogP contribution in [0.15, 0.2) is 82.0 Å². The van der Waals surface area contributed by atoms with Gasteiger partial charge in [-0.3, -0.25) is 23.7 Å². The number of halogens is 4. The Kier molecular flexibility index (Phi) is 36.0. The fourth-order valence-electron chi connectivity index (χ4n) is 7.52. The summed E-state index contributed by atoms with van der Waals surface area (Å²) in [7, 11) is -1.00. The van der Waals surface area contributed by atoms with E-state index in [9.17, 15) is 14.0 Å². The Morgan fingerprint density at radius 2 is 1.33 bits per heavy atom. The van der Waals surface area contributed by atoms with Gasteiger partial charge in [0.25, 0.3) is 6.47 Å². The third kappa shape index (κ3) is 24.2. The molecule has 4 aromatic rings. The number of furan rings is 2. The molecule has 0 saturated carbocycles. The molecule has 1 N–H and O–H groups in total. The van der Waals surface area contributed by atoms with Gasteiger partial charge in [0.05, 0.1) is 45.1 Å². The van der Waals surface area contributed by atoms with Crippen LogP contribution >= 0.6 is 39.1 Å². The minimum atomic E-state index is -1.00. The quantitative estimate of drug-likeness (QED) is 0.0233. The Hall–Kier alpha value is -0.447. The zero-order chi connectivity index (χ0) is 49.0. The predicted molar refractivity (Wildman–Crippen MR) is 257 cm³/mol. The Labute approximate surface area is 504 Å². The number of nitrogens with one attached hydrogen (secondary N) is 1. The molecule has 17 heteroatoms. The van der Waals surface area contributed by atoms with Crippen molar-refractivity contribution in [3.8, 4) is 0 Å². The Balaban J connectivity index is 0. The number of fused-ring (bicyclic) bond motifs is 2. The first-order valence-corrected chi connectivity index (χ1v) is 23.9. The number of carbonyl (C=O) groups excluding carboxylic acids is 3. The summed E-state index contributed by atoms with van der Waals surface area (Å²) in [5.41, 5.74) is 4.07. The minimum Gasteiger partial charge on any atom is -1.00 e. The summed E-state index contributed by atoms with van der Waals surface area (Å²) in [6, 6.07) is 20.4. The van der Waals surface area contributed by atoms with Crippen LogP contribution in [0.25, 0.3) is 0 Å². The van der Waals surface area contributed by atoms with Crippen molar-refractivity contribution in [2.45, 2.75) is 130 Å². The number of esters is 2. The molecule has 0 amide bonds. The van der Waals surface area contributed by atoms with Gasteiger partial charge in [-0.1, -0.05) is 101 Å². The van der Waals surface area contributed by atoms with Crippen molar-refractivity contribution in [2.75, 3.05) is 33.5 Å². The number of nitrogens with zero attached hydrogens (tertiary/aromatic N) is 1. The van der Waals surface area contributed by atoms with E-state index >= 15 is 0 Å². The number of rotatable bonds is 18. The molecule has 2 aliphatic rings. The van der Waals surface area contributed by atoms with Crippen molar-refractivity contribution < 1.29 is 153 Å². The summed E-state index contributed by atoms with van der Waals surface area (Å²) in [5.74, 6) is 2.06. The van der Waals surface area contributed by atoms with Crippen LogP contribution in [0.5, 0.6) is 0 Å². The second-order valence-corrected chi connectivity index (χ2v) is 18.7. The van der Waals surface area contributed by atoms with Crippen molar-refractivity contribution in [1.82, 2.24) is 10.2 Å². The Bertz CT molecular complexity index is 1980. The summed E-state index contributed by atoms with van der Waals surface area (Å²) < 4.78 is 36.6. The molecular formula is C50H70BrCl2FK2N2O9. The zero-order valence-corrected chi connectivity index (χ0v) is 50.2. The van der Waals surface area contributed by atoms with Crippen LogP contribution in [0.4, 0.5) is 4.39 Å². The fraction of sp³-hybridized carbons (Fsp3) is 0.540. The van der Waals surface area contributed by atoms with E-state index in [0.717, 1.165) is 118 Å². The third-order valence-electron chi connectivity index (χ3n) is 11.2. The standard InChI is InChI=1S/C24H32ClNO3.C17H24BrClO2.C7H9NO.CH3F.CH2O3.2K.H/c1-4-28-23(27)24(2,3)14-8-7-11-21(19-9-5-6-10-20(19)25)26-15-12-22-18(17-26)13-16-29-22;1-4-21-16(20)17(2,3)12-8-7-10-14(18)13-9-5-6-11-15(13)19;1-3-8-5-6-2-4-9-7(1)6;1-2;2-1-4-3;;;/h5-6,9-10,13,16,21H,4,7-8,11-12,14-15,17H2,1-3H3;5-6,9,11,14H,4,7-8,10,12H2,1-3H3;2,4,8H,1,3,5H2;1H3;1,3H;;;/q;;;;;2*+1;-1/p-1/i;;;1D;;;;. The summed E-state index contributed by atoms with van der Waals surface area (Å²) in [6.45, 7) is 16.1. The van der Waals surface area contributed by atoms with Crippen molar-refractivity contribution in [1.29, 1.82) is 0 Å². The second-order valence-electron chi connectivity index (χ2n) is 16.8. The van der Waals surface area contributed by atoms with E-state index in [4.69, 9.17) is 52.9 Å². The average Bonchev–Trinajstić information content (AvgIpc) is 3.99. The maximum absolute atomic E-state index is 12.1. The molecule has 0 spiro atoms. The number of hydrogen-bond donors (Lipinski definition) is 1. The number of benzene rings is 2. The molecular weight excluding hydrogens is 1020 g/mol. The summed E-state index contributed by atoms with van der Waals surface area (Å²) >= 11 is 16.5. The summed E-state index contributed by atoms with van der Waals surface area (Å²) in [5, 5.41) is 13.3. The molecule has 6 rings (SSSR count). The van der Waals surface area contributed by atoms with Crippen molar-refractivity contribution in [3.05, 3.63) is 117 Å². The van der Waals surface area contributed by atoms with Crippen LogP contribution in [-0.2, 0) is 54.7 Å². The van der Waals surface area contributed by atoms with E-state index in [1.807, 2.05) is 84.0 Å². The normalized spacial score (nSPS) is 13.8. The van der Waals surface area contributed by atoms with Gasteiger partial charge in [-0.25, -0.2) is 0 Å². The Morgan fingerprint density at radius 1 is 0.851 bits per heavy atom. The van der Waals surface area contributed by atoms with Gasteiger partial charge >= 0.3 is 115 Å². The van der Waals surface area contributed by atoms with Gasteiger partial charge in [0.1, 0.15) is 11.5 Å². The number of carbonyl (C=O) groups is 3. The van der Waals surface area contributed by atoms with E-state index in [0.29, 0.717) is 13.2 Å². The molecule has 2 aliphatic heterocycles. The van der Waals surface area contributed by atoms with Gasteiger partial charge in [0.2, 0.25) is 0 Å². The van der Waals surface area contributed by atoms with E-state index in [1.54, 1.807) is 12.5 Å². The second kappa shape index (κ2) is 37.3. The van der Waals surface area contributed by atoms with Crippen molar-refractivity contribution in [3.63, 3.8) is 0 Å². The van der Waals surface area contributed by atoms with Crippen LogP contribution in [-0.4, -0.2) is 56.8 Å². The van der Waals surface area contributed by atoms with E-state index in [-0.39, 0.29) is 133 Å². The van der Waals surface area contributed by atoms with Gasteiger partial charge in [-0.2, -0.15) is 0 Å².